The quantitative estimate of drug-likeness (QED) is 0.699. The van der Waals surface area contributed by atoms with Crippen LogP contribution in [0.15, 0.2) is 67.0 Å². The van der Waals surface area contributed by atoms with Gasteiger partial charge < -0.3 is 19.5 Å². The molecule has 1 saturated heterocycles. The minimum absolute atomic E-state index is 0. The van der Waals surface area contributed by atoms with E-state index in [4.69, 9.17) is 4.74 Å². The first kappa shape index (κ1) is 20.9. The lowest BCUT2D eigenvalue weighted by Gasteiger charge is -2.35. The van der Waals surface area contributed by atoms with Crippen LogP contribution in [-0.4, -0.2) is 40.0 Å². The molecule has 6 nitrogen and oxygen atoms in total. The minimum atomic E-state index is -0.0738. The first-order valence-electron chi connectivity index (χ1n) is 9.48. The number of nitrogens with one attached hydrogen (secondary N) is 1. The topological polar surface area (TPSA) is 59.4 Å². The zero-order valence-electron chi connectivity index (χ0n) is 16.3. The second-order valence-corrected chi connectivity index (χ2v) is 6.91. The molecule has 0 spiro atoms. The molecule has 0 saturated carbocycles. The first-order chi connectivity index (χ1) is 13.7. The zero-order valence-corrected chi connectivity index (χ0v) is 17.1. The molecule has 2 heterocycles. The van der Waals surface area contributed by atoms with Gasteiger partial charge in [0, 0.05) is 44.6 Å². The number of aryl methyl sites for hydroxylation is 1. The van der Waals surface area contributed by atoms with E-state index in [0.717, 1.165) is 23.7 Å². The van der Waals surface area contributed by atoms with Crippen LogP contribution in [-0.2, 0) is 13.7 Å². The Bertz CT molecular complexity index is 928. The smallest absolute Gasteiger partial charge is 0.254 e. The molecular formula is C22H25ClN4O2. The molecule has 1 aliphatic rings. The highest BCUT2D eigenvalue weighted by atomic mass is 35.5. The molecule has 7 heteroatoms. The molecular weight excluding hydrogens is 388 g/mol. The number of hydrogen-bond donors (Lipinski definition) is 1. The van der Waals surface area contributed by atoms with Gasteiger partial charge in [0.25, 0.3) is 5.91 Å². The average molecular weight is 413 g/mol. The summed E-state index contributed by atoms with van der Waals surface area (Å²) >= 11 is 0. The van der Waals surface area contributed by atoms with Crippen LogP contribution in [0.4, 0.5) is 0 Å². The Labute approximate surface area is 176 Å². The highest BCUT2D eigenvalue weighted by Crippen LogP contribution is 2.24. The summed E-state index contributed by atoms with van der Waals surface area (Å²) in [5.74, 6) is 1.66. The number of nitrogens with zero attached hydrogens (tertiary/aromatic N) is 3. The van der Waals surface area contributed by atoms with Gasteiger partial charge in [-0.05, 0) is 29.8 Å². The van der Waals surface area contributed by atoms with Gasteiger partial charge in [0.15, 0.2) is 0 Å². The van der Waals surface area contributed by atoms with Gasteiger partial charge in [0.1, 0.15) is 24.2 Å². The Kier molecular flexibility index (Phi) is 6.90. The molecule has 1 aromatic heterocycles. The van der Waals surface area contributed by atoms with Gasteiger partial charge in [-0.15, -0.1) is 12.4 Å². The lowest BCUT2D eigenvalue weighted by molar-refractivity contribution is 0.0621. The average Bonchev–Trinajstić information content (AvgIpc) is 3.18. The Hall–Kier alpha value is -2.83. The number of carbonyl (C=O) groups is 1. The third-order valence-corrected chi connectivity index (χ3v) is 5.01. The maximum atomic E-state index is 13.1. The molecule has 1 atom stereocenters. The van der Waals surface area contributed by atoms with Gasteiger partial charge in [-0.2, -0.15) is 0 Å². The SMILES string of the molecule is Cl.Cn1ccnc1C1CNCCN1C(=O)c1ccc(OCc2ccccc2)cc1. The van der Waals surface area contributed by atoms with Crippen molar-refractivity contribution in [3.8, 4) is 5.75 Å². The highest BCUT2D eigenvalue weighted by Gasteiger charge is 2.30. The van der Waals surface area contributed by atoms with Gasteiger partial charge in [-0.25, -0.2) is 4.98 Å². The van der Waals surface area contributed by atoms with E-state index in [-0.39, 0.29) is 24.4 Å². The third kappa shape index (κ3) is 4.78. The summed E-state index contributed by atoms with van der Waals surface area (Å²) in [5, 5.41) is 3.36. The number of ether oxygens (including phenoxy) is 1. The molecule has 2 aromatic carbocycles. The molecule has 29 heavy (non-hydrogen) atoms. The minimum Gasteiger partial charge on any atom is -0.489 e. The summed E-state index contributed by atoms with van der Waals surface area (Å²) in [7, 11) is 1.96. The van der Waals surface area contributed by atoms with Crippen molar-refractivity contribution in [3.05, 3.63) is 83.9 Å². The number of amides is 1. The maximum Gasteiger partial charge on any atom is 0.254 e. The molecule has 0 aliphatic carbocycles. The van der Waals surface area contributed by atoms with Gasteiger partial charge in [0.2, 0.25) is 0 Å². The fourth-order valence-electron chi connectivity index (χ4n) is 3.48. The Morgan fingerprint density at radius 2 is 1.93 bits per heavy atom. The van der Waals surface area contributed by atoms with Crippen LogP contribution in [0.5, 0.6) is 5.75 Å². The van der Waals surface area contributed by atoms with Gasteiger partial charge in [0.05, 0.1) is 0 Å². The van der Waals surface area contributed by atoms with Crippen molar-refractivity contribution in [3.63, 3.8) is 0 Å². The van der Waals surface area contributed by atoms with Gasteiger partial charge in [-0.3, -0.25) is 4.79 Å². The molecule has 0 bridgehead atoms. The van der Waals surface area contributed by atoms with Crippen LogP contribution >= 0.6 is 12.4 Å². The van der Waals surface area contributed by atoms with Crippen LogP contribution in [0.3, 0.4) is 0 Å². The van der Waals surface area contributed by atoms with Crippen molar-refractivity contribution in [1.82, 2.24) is 19.8 Å². The predicted molar refractivity (Wildman–Crippen MR) is 114 cm³/mol. The summed E-state index contributed by atoms with van der Waals surface area (Å²) in [4.78, 5) is 19.5. The number of halogens is 1. The second-order valence-electron chi connectivity index (χ2n) is 6.91. The third-order valence-electron chi connectivity index (χ3n) is 5.01. The molecule has 4 rings (SSSR count). The second kappa shape index (κ2) is 9.58. The molecule has 1 fully saturated rings. The first-order valence-corrected chi connectivity index (χ1v) is 9.48. The number of rotatable bonds is 5. The Balaban J connectivity index is 0.00000240. The summed E-state index contributed by atoms with van der Waals surface area (Å²) in [6, 6.07) is 17.3. The van der Waals surface area contributed by atoms with Crippen molar-refractivity contribution >= 4 is 18.3 Å². The van der Waals surface area contributed by atoms with E-state index in [2.05, 4.69) is 10.3 Å². The van der Waals surface area contributed by atoms with Gasteiger partial charge >= 0.3 is 0 Å². The molecule has 1 aliphatic heterocycles. The number of benzene rings is 2. The number of piperazine rings is 1. The van der Waals surface area contributed by atoms with Crippen molar-refractivity contribution < 1.29 is 9.53 Å². The largest absolute Gasteiger partial charge is 0.489 e. The van der Waals surface area contributed by atoms with Crippen LogP contribution < -0.4 is 10.1 Å². The summed E-state index contributed by atoms with van der Waals surface area (Å²) < 4.78 is 7.79. The summed E-state index contributed by atoms with van der Waals surface area (Å²) in [5.41, 5.74) is 1.77. The molecule has 0 radical (unpaired) electrons. The fraction of sp³-hybridized carbons (Fsp3) is 0.273. The van der Waals surface area contributed by atoms with Crippen molar-refractivity contribution in [2.75, 3.05) is 19.6 Å². The summed E-state index contributed by atoms with van der Waals surface area (Å²) in [6.07, 6.45) is 3.68. The van der Waals surface area contributed by atoms with Crippen molar-refractivity contribution in [2.45, 2.75) is 12.6 Å². The molecule has 1 amide bonds. The summed E-state index contributed by atoms with van der Waals surface area (Å²) in [6.45, 7) is 2.65. The lowest BCUT2D eigenvalue weighted by Crippen LogP contribution is -2.49. The fourth-order valence-corrected chi connectivity index (χ4v) is 3.48. The van der Waals surface area contributed by atoms with Gasteiger partial charge in [-0.1, -0.05) is 30.3 Å². The Morgan fingerprint density at radius 3 is 2.62 bits per heavy atom. The standard InChI is InChI=1S/C22H24N4O2.ClH/c1-25-13-12-24-21(25)20-15-23-11-14-26(20)22(27)18-7-9-19(10-8-18)28-16-17-5-3-2-4-6-17;/h2-10,12-13,20,23H,11,14-16H2,1H3;1H. The molecule has 1 N–H and O–H groups in total. The maximum absolute atomic E-state index is 13.1. The lowest BCUT2D eigenvalue weighted by atomic mass is 10.1. The van der Waals surface area contributed by atoms with E-state index in [1.807, 2.05) is 77.3 Å². The van der Waals surface area contributed by atoms with E-state index < -0.39 is 0 Å². The monoisotopic (exact) mass is 412 g/mol. The zero-order chi connectivity index (χ0) is 19.3. The number of imidazole rings is 1. The number of aromatic nitrogens is 2. The van der Waals surface area contributed by atoms with Crippen LogP contribution in [0, 0.1) is 0 Å². The van der Waals surface area contributed by atoms with E-state index in [9.17, 15) is 4.79 Å². The molecule has 1 unspecified atom stereocenters. The van der Waals surface area contributed by atoms with E-state index in [0.29, 0.717) is 25.3 Å². The highest BCUT2D eigenvalue weighted by molar-refractivity contribution is 5.94. The molecule has 152 valence electrons. The van der Waals surface area contributed by atoms with E-state index >= 15 is 0 Å². The van der Waals surface area contributed by atoms with E-state index in [1.54, 1.807) is 6.20 Å². The van der Waals surface area contributed by atoms with Crippen molar-refractivity contribution in [1.29, 1.82) is 0 Å². The predicted octanol–water partition coefficient (Wildman–Crippen LogP) is 3.21. The number of hydrogen-bond acceptors (Lipinski definition) is 4. The Morgan fingerprint density at radius 1 is 1.17 bits per heavy atom. The van der Waals surface area contributed by atoms with Crippen molar-refractivity contribution in [2.24, 2.45) is 7.05 Å². The van der Waals surface area contributed by atoms with E-state index in [1.165, 1.54) is 0 Å². The molecule has 3 aromatic rings. The normalized spacial score (nSPS) is 16.2. The van der Waals surface area contributed by atoms with Crippen LogP contribution in [0.2, 0.25) is 0 Å². The van der Waals surface area contributed by atoms with Crippen LogP contribution in [0.1, 0.15) is 27.8 Å². The van der Waals surface area contributed by atoms with Crippen LogP contribution in [0.25, 0.3) is 0 Å². The number of carbonyl (C=O) groups excluding carboxylic acids is 1.